The van der Waals surface area contributed by atoms with Gasteiger partial charge in [0.2, 0.25) is 0 Å². The van der Waals surface area contributed by atoms with Gasteiger partial charge in [0.1, 0.15) is 4.32 Å². The molecule has 0 spiro atoms. The quantitative estimate of drug-likeness (QED) is 0.780. The van der Waals surface area contributed by atoms with Crippen molar-refractivity contribution in [3.05, 3.63) is 42.1 Å². The molecule has 1 saturated heterocycles. The van der Waals surface area contributed by atoms with Crippen molar-refractivity contribution >= 4 is 39.2 Å². The molecule has 1 aliphatic rings. The van der Waals surface area contributed by atoms with E-state index >= 15 is 0 Å². The molecule has 0 unspecified atom stereocenters. The first-order valence-corrected chi connectivity index (χ1v) is 7.99. The third-order valence-electron chi connectivity index (χ3n) is 3.36. The number of pyridine rings is 1. The number of fused-ring (bicyclic) bond motifs is 1. The number of hydrogen-bond acceptors (Lipinski definition) is 3. The lowest BCUT2D eigenvalue weighted by Crippen LogP contribution is -2.23. The first kappa shape index (κ1) is 12.9. The smallest absolute Gasteiger partial charge is 0.136 e. The van der Waals surface area contributed by atoms with Crippen molar-refractivity contribution in [1.82, 2.24) is 9.88 Å². The van der Waals surface area contributed by atoms with Gasteiger partial charge in [-0.15, -0.1) is 0 Å². The fourth-order valence-corrected chi connectivity index (χ4v) is 3.47. The molecule has 3 rings (SSSR count). The van der Waals surface area contributed by atoms with Gasteiger partial charge in [-0.25, -0.2) is 0 Å². The van der Waals surface area contributed by atoms with Crippen LogP contribution in [0.2, 0.25) is 0 Å². The maximum Gasteiger partial charge on any atom is 0.136 e. The summed E-state index contributed by atoms with van der Waals surface area (Å²) in [5, 5.41) is 1.19. The number of rotatable bonds is 2. The average molecular weight is 288 g/mol. The number of thiocarbonyl (C=S) groups is 1. The van der Waals surface area contributed by atoms with Crippen LogP contribution in [0, 0.1) is 0 Å². The van der Waals surface area contributed by atoms with Crippen LogP contribution in [0.25, 0.3) is 10.9 Å². The van der Waals surface area contributed by atoms with E-state index in [4.69, 9.17) is 12.2 Å². The first-order valence-electron chi connectivity index (χ1n) is 6.59. The Balaban J connectivity index is 1.66. The molecule has 19 heavy (non-hydrogen) atoms. The van der Waals surface area contributed by atoms with Crippen molar-refractivity contribution in [2.45, 2.75) is 18.6 Å². The van der Waals surface area contributed by atoms with Gasteiger partial charge in [-0.2, -0.15) is 0 Å². The monoisotopic (exact) mass is 288 g/mol. The maximum atomic E-state index is 5.47. The molecule has 1 aromatic carbocycles. The van der Waals surface area contributed by atoms with Crippen molar-refractivity contribution < 1.29 is 0 Å². The normalized spacial score (nSPS) is 15.1. The fraction of sp³-hybridized carbons (Fsp3) is 0.333. The van der Waals surface area contributed by atoms with E-state index in [9.17, 15) is 0 Å². The minimum atomic E-state index is 0.861. The van der Waals surface area contributed by atoms with E-state index in [0.717, 1.165) is 34.4 Å². The summed E-state index contributed by atoms with van der Waals surface area (Å²) < 4.78 is 1.02. The van der Waals surface area contributed by atoms with Gasteiger partial charge in [-0.3, -0.25) is 4.98 Å². The van der Waals surface area contributed by atoms with Crippen LogP contribution in [0.5, 0.6) is 0 Å². The Morgan fingerprint density at radius 1 is 1.16 bits per heavy atom. The Kier molecular flexibility index (Phi) is 3.99. The highest BCUT2D eigenvalue weighted by atomic mass is 32.2. The lowest BCUT2D eigenvalue weighted by Gasteiger charge is -2.17. The zero-order valence-corrected chi connectivity index (χ0v) is 12.3. The molecule has 98 valence electrons. The van der Waals surface area contributed by atoms with Crippen molar-refractivity contribution in [3.63, 3.8) is 0 Å². The number of aromatic nitrogens is 1. The summed E-state index contributed by atoms with van der Waals surface area (Å²) in [4.78, 5) is 6.98. The van der Waals surface area contributed by atoms with Crippen LogP contribution < -0.4 is 0 Å². The van der Waals surface area contributed by atoms with Gasteiger partial charge in [0.15, 0.2) is 0 Å². The SMILES string of the molecule is S=C(SCc1ccc2ccccc2n1)N1CCCC1. The molecule has 0 bridgehead atoms. The van der Waals surface area contributed by atoms with Crippen molar-refractivity contribution in [2.24, 2.45) is 0 Å². The van der Waals surface area contributed by atoms with E-state index in [1.165, 1.54) is 18.2 Å². The van der Waals surface area contributed by atoms with Crippen LogP contribution in [0.3, 0.4) is 0 Å². The number of nitrogens with zero attached hydrogens (tertiary/aromatic N) is 2. The van der Waals surface area contributed by atoms with Gasteiger partial charge in [-0.1, -0.05) is 48.2 Å². The summed E-state index contributed by atoms with van der Waals surface area (Å²) in [5.74, 6) is 0.861. The number of likely N-dealkylation sites (tertiary alicyclic amines) is 1. The van der Waals surface area contributed by atoms with E-state index in [2.05, 4.69) is 34.1 Å². The molecule has 0 saturated carbocycles. The predicted molar refractivity (Wildman–Crippen MR) is 86.4 cm³/mol. The summed E-state index contributed by atoms with van der Waals surface area (Å²) in [5.41, 5.74) is 2.16. The highest BCUT2D eigenvalue weighted by molar-refractivity contribution is 8.22. The van der Waals surface area contributed by atoms with Crippen molar-refractivity contribution in [3.8, 4) is 0 Å². The zero-order chi connectivity index (χ0) is 13.1. The molecular formula is C15H16N2S2. The Labute approximate surface area is 123 Å². The molecule has 0 amide bonds. The minimum Gasteiger partial charge on any atom is -0.358 e. The second kappa shape index (κ2) is 5.88. The number of hydrogen-bond donors (Lipinski definition) is 0. The molecule has 1 aliphatic heterocycles. The van der Waals surface area contributed by atoms with Gasteiger partial charge in [0.25, 0.3) is 0 Å². The Hall–Kier alpha value is -1.13. The van der Waals surface area contributed by atoms with Gasteiger partial charge in [0, 0.05) is 24.2 Å². The fourth-order valence-electron chi connectivity index (χ4n) is 2.32. The predicted octanol–water partition coefficient (Wildman–Crippen LogP) is 3.85. The second-order valence-electron chi connectivity index (χ2n) is 4.74. The highest BCUT2D eigenvalue weighted by Crippen LogP contribution is 2.20. The standard InChI is InChI=1S/C15H16N2S2/c18-15(17-9-3-4-10-17)19-11-13-8-7-12-5-1-2-6-14(12)16-13/h1-2,5-8H,3-4,9-11H2. The third kappa shape index (κ3) is 3.07. The maximum absolute atomic E-state index is 5.47. The summed E-state index contributed by atoms with van der Waals surface area (Å²) in [6, 6.07) is 12.5. The van der Waals surface area contributed by atoms with Crippen molar-refractivity contribution in [2.75, 3.05) is 13.1 Å². The van der Waals surface area contributed by atoms with E-state index in [-0.39, 0.29) is 0 Å². The number of para-hydroxylation sites is 1. The zero-order valence-electron chi connectivity index (χ0n) is 10.7. The molecule has 2 nitrogen and oxygen atoms in total. The second-order valence-corrected chi connectivity index (χ2v) is 6.35. The molecule has 0 aliphatic carbocycles. The van der Waals surface area contributed by atoms with Crippen molar-refractivity contribution in [1.29, 1.82) is 0 Å². The summed E-state index contributed by atoms with van der Waals surface area (Å²) in [7, 11) is 0. The molecule has 0 radical (unpaired) electrons. The largest absolute Gasteiger partial charge is 0.358 e. The summed E-state index contributed by atoms with van der Waals surface area (Å²) in [6.07, 6.45) is 2.55. The van der Waals surface area contributed by atoms with E-state index < -0.39 is 0 Å². The molecule has 1 aromatic heterocycles. The minimum absolute atomic E-state index is 0.861. The lowest BCUT2D eigenvalue weighted by atomic mass is 10.2. The van der Waals surface area contributed by atoms with Crippen LogP contribution in [-0.4, -0.2) is 27.3 Å². The van der Waals surface area contributed by atoms with Crippen LogP contribution in [0.1, 0.15) is 18.5 Å². The Bertz CT molecular complexity index is 591. The lowest BCUT2D eigenvalue weighted by molar-refractivity contribution is 0.539. The molecule has 2 aromatic rings. The Morgan fingerprint density at radius 3 is 2.79 bits per heavy atom. The topological polar surface area (TPSA) is 16.1 Å². The van der Waals surface area contributed by atoms with Crippen LogP contribution in [-0.2, 0) is 5.75 Å². The number of benzene rings is 1. The third-order valence-corrected chi connectivity index (χ3v) is 4.92. The number of thioether (sulfide) groups is 1. The van der Waals surface area contributed by atoms with E-state index in [1.807, 2.05) is 12.1 Å². The molecule has 0 N–H and O–H groups in total. The van der Waals surface area contributed by atoms with Gasteiger partial charge >= 0.3 is 0 Å². The summed E-state index contributed by atoms with van der Waals surface area (Å²) >= 11 is 7.20. The van der Waals surface area contributed by atoms with Crippen LogP contribution in [0.15, 0.2) is 36.4 Å². The molecule has 2 heterocycles. The summed E-state index contributed by atoms with van der Waals surface area (Å²) in [6.45, 7) is 2.24. The van der Waals surface area contributed by atoms with Gasteiger partial charge in [-0.05, 0) is 25.0 Å². The van der Waals surface area contributed by atoms with Crippen LogP contribution >= 0.6 is 24.0 Å². The molecule has 0 atom stereocenters. The molecule has 4 heteroatoms. The van der Waals surface area contributed by atoms with E-state index in [1.54, 1.807) is 11.8 Å². The van der Waals surface area contributed by atoms with E-state index in [0.29, 0.717) is 0 Å². The Morgan fingerprint density at radius 2 is 1.95 bits per heavy atom. The van der Waals surface area contributed by atoms with Crippen LogP contribution in [0.4, 0.5) is 0 Å². The van der Waals surface area contributed by atoms with Gasteiger partial charge in [0.05, 0.1) is 11.2 Å². The highest BCUT2D eigenvalue weighted by Gasteiger charge is 2.15. The molecular weight excluding hydrogens is 272 g/mol. The molecule has 1 fully saturated rings. The van der Waals surface area contributed by atoms with Gasteiger partial charge < -0.3 is 4.90 Å². The average Bonchev–Trinajstić information content (AvgIpc) is 2.99. The first-order chi connectivity index (χ1) is 9.33.